The van der Waals surface area contributed by atoms with Crippen molar-refractivity contribution in [3.8, 4) is 0 Å². The van der Waals surface area contributed by atoms with Gasteiger partial charge in [-0.15, -0.1) is 0 Å². The van der Waals surface area contributed by atoms with Gasteiger partial charge in [0.15, 0.2) is 0 Å². The third kappa shape index (κ3) is 4.89. The highest BCUT2D eigenvalue weighted by Gasteiger charge is 2.13. The van der Waals surface area contributed by atoms with E-state index in [1.807, 2.05) is 10.8 Å². The van der Waals surface area contributed by atoms with Crippen molar-refractivity contribution in [3.63, 3.8) is 0 Å². The quantitative estimate of drug-likeness (QED) is 0.421. The molecule has 0 aliphatic carbocycles. The van der Waals surface area contributed by atoms with E-state index < -0.39 is 0 Å². The fraction of sp³-hybridized carbons (Fsp3) is 0.900. The van der Waals surface area contributed by atoms with E-state index >= 15 is 0 Å². The summed E-state index contributed by atoms with van der Waals surface area (Å²) in [7, 11) is 3.71. The van der Waals surface area contributed by atoms with Crippen LogP contribution in [0.25, 0.3) is 0 Å². The minimum Gasteiger partial charge on any atom is -0.357 e. The number of hydrogen-bond donors (Lipinski definition) is 0. The SMILES string of the molecule is CCCCSSC(=S)N1CCCCC1. The monoisotopic (exact) mass is 249 g/mol. The van der Waals surface area contributed by atoms with Crippen LogP contribution in [0.15, 0.2) is 0 Å². The van der Waals surface area contributed by atoms with Crippen molar-refractivity contribution in [2.45, 2.75) is 39.0 Å². The Balaban J connectivity index is 2.07. The van der Waals surface area contributed by atoms with Crippen molar-refractivity contribution in [3.05, 3.63) is 0 Å². The van der Waals surface area contributed by atoms with Crippen molar-refractivity contribution in [1.82, 2.24) is 4.90 Å². The van der Waals surface area contributed by atoms with Crippen LogP contribution in [0.3, 0.4) is 0 Å². The van der Waals surface area contributed by atoms with E-state index in [0.29, 0.717) is 0 Å². The van der Waals surface area contributed by atoms with Gasteiger partial charge in [-0.2, -0.15) is 0 Å². The van der Waals surface area contributed by atoms with Crippen LogP contribution in [-0.2, 0) is 0 Å². The number of thiocarbonyl (C=S) groups is 1. The fourth-order valence-electron chi connectivity index (χ4n) is 1.42. The number of nitrogens with zero attached hydrogens (tertiary/aromatic N) is 1. The molecule has 14 heavy (non-hydrogen) atoms. The number of hydrogen-bond acceptors (Lipinski definition) is 3. The standard InChI is InChI=1S/C10H19NS3/c1-2-3-9-13-14-10(12)11-7-5-4-6-8-11/h2-9H2,1H3. The van der Waals surface area contributed by atoms with Gasteiger partial charge in [0.1, 0.15) is 4.32 Å². The predicted octanol–water partition coefficient (Wildman–Crippen LogP) is 3.94. The molecular weight excluding hydrogens is 230 g/mol. The first-order valence-corrected chi connectivity index (χ1v) is 8.15. The molecule has 0 unspecified atom stereocenters. The fourth-order valence-corrected chi connectivity index (χ4v) is 4.14. The van der Waals surface area contributed by atoms with Gasteiger partial charge in [0.25, 0.3) is 0 Å². The molecule has 0 bridgehead atoms. The van der Waals surface area contributed by atoms with Crippen LogP contribution in [0.4, 0.5) is 0 Å². The smallest absolute Gasteiger partial charge is 0.147 e. The van der Waals surface area contributed by atoms with E-state index in [-0.39, 0.29) is 0 Å². The molecule has 0 amide bonds. The van der Waals surface area contributed by atoms with Gasteiger partial charge in [0, 0.05) is 18.8 Å². The summed E-state index contributed by atoms with van der Waals surface area (Å²) in [5, 5.41) is 0. The van der Waals surface area contributed by atoms with Gasteiger partial charge in [0.2, 0.25) is 0 Å². The summed E-state index contributed by atoms with van der Waals surface area (Å²) in [4.78, 5) is 2.36. The zero-order valence-corrected chi connectivity index (χ0v) is 11.3. The molecule has 1 aliphatic heterocycles. The van der Waals surface area contributed by atoms with E-state index in [9.17, 15) is 0 Å². The molecule has 4 heteroatoms. The molecule has 0 aromatic rings. The summed E-state index contributed by atoms with van der Waals surface area (Å²) < 4.78 is 1.10. The molecule has 0 radical (unpaired) electrons. The van der Waals surface area contributed by atoms with Gasteiger partial charge in [-0.3, -0.25) is 0 Å². The molecule has 0 N–H and O–H groups in total. The molecule has 1 saturated heterocycles. The summed E-state index contributed by atoms with van der Waals surface area (Å²) in [5.41, 5.74) is 0. The Kier molecular flexibility index (Phi) is 7.08. The van der Waals surface area contributed by atoms with Crippen LogP contribution in [-0.4, -0.2) is 28.1 Å². The molecule has 1 nitrogen and oxygen atoms in total. The summed E-state index contributed by atoms with van der Waals surface area (Å²) in [6, 6.07) is 0. The predicted molar refractivity (Wildman–Crippen MR) is 73.0 cm³/mol. The zero-order chi connectivity index (χ0) is 10.2. The molecule has 82 valence electrons. The summed E-state index contributed by atoms with van der Waals surface area (Å²) >= 11 is 5.39. The zero-order valence-electron chi connectivity index (χ0n) is 8.83. The summed E-state index contributed by atoms with van der Waals surface area (Å²) in [5.74, 6) is 1.23. The third-order valence-electron chi connectivity index (χ3n) is 2.33. The maximum Gasteiger partial charge on any atom is 0.147 e. The topological polar surface area (TPSA) is 3.24 Å². The van der Waals surface area contributed by atoms with E-state index in [0.717, 1.165) is 4.32 Å². The molecule has 0 spiro atoms. The third-order valence-corrected chi connectivity index (χ3v) is 5.45. The average Bonchev–Trinajstić information content (AvgIpc) is 2.25. The van der Waals surface area contributed by atoms with Crippen LogP contribution in [0.5, 0.6) is 0 Å². The summed E-state index contributed by atoms with van der Waals surface area (Å²) in [6.07, 6.45) is 6.61. The maximum absolute atomic E-state index is 5.39. The highest BCUT2D eigenvalue weighted by Crippen LogP contribution is 2.27. The molecule has 0 aromatic carbocycles. The van der Waals surface area contributed by atoms with Crippen LogP contribution >= 0.6 is 33.8 Å². The maximum atomic E-state index is 5.39. The molecule has 0 saturated carbocycles. The minimum atomic E-state index is 1.10. The Labute approximate surface area is 101 Å². The number of likely N-dealkylation sites (tertiary alicyclic amines) is 1. The number of unbranched alkanes of at least 4 members (excludes halogenated alkanes) is 1. The van der Waals surface area contributed by atoms with Crippen LogP contribution in [0.2, 0.25) is 0 Å². The van der Waals surface area contributed by atoms with Gasteiger partial charge in [-0.25, -0.2) is 0 Å². The average molecular weight is 249 g/mol. The second-order valence-corrected chi connectivity index (χ2v) is 6.62. The first-order chi connectivity index (χ1) is 6.84. The molecule has 1 heterocycles. The minimum absolute atomic E-state index is 1.10. The normalized spacial score (nSPS) is 17.1. The van der Waals surface area contributed by atoms with Gasteiger partial charge in [-0.1, -0.05) is 36.4 Å². The molecular formula is C10H19NS3. The van der Waals surface area contributed by atoms with Crippen LogP contribution in [0, 0.1) is 0 Å². The summed E-state index contributed by atoms with van der Waals surface area (Å²) in [6.45, 7) is 4.59. The Morgan fingerprint density at radius 3 is 2.64 bits per heavy atom. The Morgan fingerprint density at radius 2 is 2.00 bits per heavy atom. The van der Waals surface area contributed by atoms with Crippen LogP contribution < -0.4 is 0 Å². The number of rotatable bonds is 4. The first-order valence-electron chi connectivity index (χ1n) is 5.43. The molecule has 1 fully saturated rings. The van der Waals surface area contributed by atoms with E-state index in [2.05, 4.69) is 11.8 Å². The Morgan fingerprint density at radius 1 is 1.29 bits per heavy atom. The van der Waals surface area contributed by atoms with Crippen molar-refractivity contribution < 1.29 is 0 Å². The lowest BCUT2D eigenvalue weighted by atomic mass is 10.1. The van der Waals surface area contributed by atoms with Gasteiger partial charge in [0.05, 0.1) is 0 Å². The first kappa shape index (κ1) is 12.7. The molecule has 0 atom stereocenters. The van der Waals surface area contributed by atoms with Crippen molar-refractivity contribution in [1.29, 1.82) is 0 Å². The van der Waals surface area contributed by atoms with Crippen molar-refractivity contribution in [2.75, 3.05) is 18.8 Å². The Bertz CT molecular complexity index is 167. The van der Waals surface area contributed by atoms with Gasteiger partial charge in [-0.05, 0) is 36.5 Å². The highest BCUT2D eigenvalue weighted by molar-refractivity contribution is 8.83. The Hall–Kier alpha value is 0.590. The van der Waals surface area contributed by atoms with Crippen molar-refractivity contribution >= 4 is 38.1 Å². The van der Waals surface area contributed by atoms with Gasteiger partial charge < -0.3 is 4.90 Å². The van der Waals surface area contributed by atoms with E-state index in [1.165, 1.54) is 50.9 Å². The largest absolute Gasteiger partial charge is 0.357 e. The van der Waals surface area contributed by atoms with E-state index in [1.54, 1.807) is 10.8 Å². The lowest BCUT2D eigenvalue weighted by Gasteiger charge is -2.28. The number of piperidine rings is 1. The van der Waals surface area contributed by atoms with E-state index in [4.69, 9.17) is 12.2 Å². The van der Waals surface area contributed by atoms with Crippen molar-refractivity contribution in [2.24, 2.45) is 0 Å². The lowest BCUT2D eigenvalue weighted by molar-refractivity contribution is 0.352. The second kappa shape index (κ2) is 7.83. The van der Waals surface area contributed by atoms with Crippen LogP contribution in [0.1, 0.15) is 39.0 Å². The van der Waals surface area contributed by atoms with Gasteiger partial charge >= 0.3 is 0 Å². The second-order valence-electron chi connectivity index (χ2n) is 3.57. The highest BCUT2D eigenvalue weighted by atomic mass is 33.1. The lowest BCUT2D eigenvalue weighted by Crippen LogP contribution is -2.32. The molecule has 0 aromatic heterocycles. The molecule has 1 aliphatic rings. The molecule has 1 rings (SSSR count).